The number of hydrogen-bond donors (Lipinski definition) is 1. The predicted octanol–water partition coefficient (Wildman–Crippen LogP) is 3.57. The van der Waals surface area contributed by atoms with Crippen molar-refractivity contribution in [2.24, 2.45) is 0 Å². The van der Waals surface area contributed by atoms with Gasteiger partial charge in [0.2, 0.25) is 10.0 Å². The number of carbonyl (C=O) groups excluding carboxylic acids is 1. The summed E-state index contributed by atoms with van der Waals surface area (Å²) in [4.78, 5) is 12.3. The molecule has 0 aliphatic rings. The van der Waals surface area contributed by atoms with Crippen molar-refractivity contribution in [3.8, 4) is 5.75 Å². The van der Waals surface area contributed by atoms with Gasteiger partial charge in [0.15, 0.2) is 0 Å². The summed E-state index contributed by atoms with van der Waals surface area (Å²) in [6.07, 6.45) is -4.38. The van der Waals surface area contributed by atoms with E-state index in [9.17, 15) is 26.4 Å². The largest absolute Gasteiger partial charge is 0.573 e. The molecule has 2 aromatic carbocycles. The number of hydrogen-bond acceptors (Lipinski definition) is 4. The fraction of sp³-hybridized carbons (Fsp3) is 0.278. The number of alkyl halides is 3. The Bertz CT molecular complexity index is 978. The fourth-order valence-corrected chi connectivity index (χ4v) is 4.16. The Morgan fingerprint density at radius 3 is 2.31 bits per heavy atom. The van der Waals surface area contributed by atoms with Crippen LogP contribution in [0.4, 0.5) is 13.2 Å². The summed E-state index contributed by atoms with van der Waals surface area (Å²) in [5, 5.41) is 2.65. The Morgan fingerprint density at radius 1 is 1.14 bits per heavy atom. The number of sulfonamides is 1. The average molecular weight is 495 g/mol. The van der Waals surface area contributed by atoms with Gasteiger partial charge in [0.1, 0.15) is 5.75 Å². The Kier molecular flexibility index (Phi) is 7.30. The van der Waals surface area contributed by atoms with E-state index < -0.39 is 22.3 Å². The second kappa shape index (κ2) is 9.14. The topological polar surface area (TPSA) is 75.7 Å². The Hall–Kier alpha value is -2.11. The number of amides is 1. The Labute approximate surface area is 174 Å². The van der Waals surface area contributed by atoms with E-state index in [1.165, 1.54) is 56.6 Å². The maximum atomic E-state index is 12.3. The monoisotopic (exact) mass is 494 g/mol. The molecule has 0 radical (unpaired) electrons. The number of ether oxygens (including phenoxy) is 1. The number of nitrogens with zero attached hydrogens (tertiary/aromatic N) is 1. The van der Waals surface area contributed by atoms with Crippen molar-refractivity contribution >= 4 is 31.9 Å². The lowest BCUT2D eigenvalue weighted by molar-refractivity contribution is -0.274. The second-order valence-electron chi connectivity index (χ2n) is 6.13. The van der Waals surface area contributed by atoms with Crippen molar-refractivity contribution in [3.63, 3.8) is 0 Å². The van der Waals surface area contributed by atoms with Gasteiger partial charge in [0.05, 0.1) is 4.90 Å². The second-order valence-corrected chi connectivity index (χ2v) is 9.10. The van der Waals surface area contributed by atoms with Gasteiger partial charge in [-0.1, -0.05) is 12.1 Å². The van der Waals surface area contributed by atoms with Gasteiger partial charge in [-0.2, -0.15) is 0 Å². The normalized spacial score (nSPS) is 12.1. The number of rotatable bonds is 7. The quantitative estimate of drug-likeness (QED) is 0.638. The molecule has 0 fully saturated rings. The fourth-order valence-electron chi connectivity index (χ4n) is 2.32. The molecule has 2 rings (SSSR count). The third kappa shape index (κ3) is 6.44. The standard InChI is InChI=1S/C18H18BrF3N2O4S/c1-24(2)29(26,27)16-11-13(5-8-15(16)19)17(25)23-10-9-12-3-6-14(7-4-12)28-18(20,21)22/h3-8,11H,9-10H2,1-2H3,(H,23,25). The zero-order valence-corrected chi connectivity index (χ0v) is 17.9. The summed E-state index contributed by atoms with van der Waals surface area (Å²) in [6.45, 7) is 0.212. The molecule has 0 spiro atoms. The minimum absolute atomic E-state index is 0.0320. The zero-order chi connectivity index (χ0) is 21.8. The lowest BCUT2D eigenvalue weighted by atomic mass is 10.1. The highest BCUT2D eigenvalue weighted by Crippen LogP contribution is 2.25. The van der Waals surface area contributed by atoms with Crippen molar-refractivity contribution < 1.29 is 31.1 Å². The summed E-state index contributed by atoms with van der Waals surface area (Å²) in [5.41, 5.74) is 0.869. The molecule has 0 saturated carbocycles. The summed E-state index contributed by atoms with van der Waals surface area (Å²) in [5.74, 6) is -0.792. The van der Waals surface area contributed by atoms with E-state index in [1.807, 2.05) is 0 Å². The van der Waals surface area contributed by atoms with Crippen LogP contribution in [0.2, 0.25) is 0 Å². The van der Waals surface area contributed by atoms with Crippen molar-refractivity contribution in [2.75, 3.05) is 20.6 Å². The predicted molar refractivity (Wildman–Crippen MR) is 104 cm³/mol. The number of nitrogens with one attached hydrogen (secondary N) is 1. The van der Waals surface area contributed by atoms with Gasteiger partial charge in [-0.05, 0) is 58.2 Å². The van der Waals surface area contributed by atoms with Crippen LogP contribution in [0.15, 0.2) is 51.8 Å². The molecule has 0 aliphatic carbocycles. The number of benzene rings is 2. The average Bonchev–Trinajstić information content (AvgIpc) is 2.62. The first-order valence-corrected chi connectivity index (χ1v) is 10.5. The molecular formula is C18H18BrF3N2O4S. The van der Waals surface area contributed by atoms with Gasteiger partial charge in [-0.25, -0.2) is 12.7 Å². The van der Waals surface area contributed by atoms with E-state index in [1.54, 1.807) is 0 Å². The molecule has 0 saturated heterocycles. The van der Waals surface area contributed by atoms with Crippen molar-refractivity contribution in [1.82, 2.24) is 9.62 Å². The van der Waals surface area contributed by atoms with Crippen LogP contribution >= 0.6 is 15.9 Å². The van der Waals surface area contributed by atoms with Crippen LogP contribution < -0.4 is 10.1 Å². The summed E-state index contributed by atoms with van der Waals surface area (Å²) < 4.78 is 66.3. The molecule has 29 heavy (non-hydrogen) atoms. The SMILES string of the molecule is CN(C)S(=O)(=O)c1cc(C(=O)NCCc2ccc(OC(F)(F)F)cc2)ccc1Br. The highest BCUT2D eigenvalue weighted by molar-refractivity contribution is 9.10. The van der Waals surface area contributed by atoms with Crippen LogP contribution in [0.1, 0.15) is 15.9 Å². The minimum Gasteiger partial charge on any atom is -0.406 e. The third-order valence-electron chi connectivity index (χ3n) is 3.81. The van der Waals surface area contributed by atoms with E-state index in [-0.39, 0.29) is 22.8 Å². The maximum Gasteiger partial charge on any atom is 0.573 e. The molecule has 11 heteroatoms. The van der Waals surface area contributed by atoms with Gasteiger partial charge in [0.25, 0.3) is 5.91 Å². The molecule has 158 valence electrons. The van der Waals surface area contributed by atoms with E-state index in [0.717, 1.165) is 4.31 Å². The molecule has 1 N–H and O–H groups in total. The van der Waals surface area contributed by atoms with Crippen LogP contribution in [0.25, 0.3) is 0 Å². The Balaban J connectivity index is 2.00. The number of halogens is 4. The lowest BCUT2D eigenvalue weighted by Gasteiger charge is -2.14. The van der Waals surface area contributed by atoms with Crippen LogP contribution in [-0.2, 0) is 16.4 Å². The van der Waals surface area contributed by atoms with Gasteiger partial charge < -0.3 is 10.1 Å². The molecule has 0 aromatic heterocycles. The molecule has 0 heterocycles. The van der Waals surface area contributed by atoms with Crippen molar-refractivity contribution in [3.05, 3.63) is 58.1 Å². The Morgan fingerprint density at radius 2 is 1.76 bits per heavy atom. The van der Waals surface area contributed by atoms with Crippen LogP contribution in [0, 0.1) is 0 Å². The summed E-state index contributed by atoms with van der Waals surface area (Å²) >= 11 is 3.17. The van der Waals surface area contributed by atoms with Crippen LogP contribution in [0.5, 0.6) is 5.75 Å². The molecule has 2 aromatic rings. The van der Waals surface area contributed by atoms with Crippen molar-refractivity contribution in [2.45, 2.75) is 17.7 Å². The smallest absolute Gasteiger partial charge is 0.406 e. The summed E-state index contributed by atoms with van der Waals surface area (Å²) in [6, 6.07) is 9.55. The van der Waals surface area contributed by atoms with E-state index in [2.05, 4.69) is 26.0 Å². The molecular weight excluding hydrogens is 477 g/mol. The molecule has 0 aliphatic heterocycles. The minimum atomic E-state index is -4.75. The van der Waals surface area contributed by atoms with E-state index in [0.29, 0.717) is 16.5 Å². The highest BCUT2D eigenvalue weighted by atomic mass is 79.9. The third-order valence-corrected chi connectivity index (χ3v) is 6.62. The summed E-state index contributed by atoms with van der Waals surface area (Å²) in [7, 11) is -0.953. The van der Waals surface area contributed by atoms with Gasteiger partial charge in [0, 0.05) is 30.7 Å². The first kappa shape index (κ1) is 23.2. The molecule has 0 atom stereocenters. The van der Waals surface area contributed by atoms with E-state index >= 15 is 0 Å². The highest BCUT2D eigenvalue weighted by Gasteiger charge is 2.30. The first-order valence-electron chi connectivity index (χ1n) is 8.25. The van der Waals surface area contributed by atoms with Crippen LogP contribution in [0.3, 0.4) is 0 Å². The lowest BCUT2D eigenvalue weighted by Crippen LogP contribution is -2.27. The number of carbonyl (C=O) groups is 1. The van der Waals surface area contributed by atoms with Gasteiger partial charge in [-0.3, -0.25) is 4.79 Å². The van der Waals surface area contributed by atoms with Crippen LogP contribution in [-0.4, -0.2) is 45.6 Å². The van der Waals surface area contributed by atoms with E-state index in [4.69, 9.17) is 0 Å². The molecule has 1 amide bonds. The molecule has 0 bridgehead atoms. The first-order chi connectivity index (χ1) is 13.4. The van der Waals surface area contributed by atoms with Gasteiger partial charge in [-0.15, -0.1) is 13.2 Å². The molecule has 6 nitrogen and oxygen atoms in total. The maximum absolute atomic E-state index is 12.3. The van der Waals surface area contributed by atoms with Crippen molar-refractivity contribution in [1.29, 1.82) is 0 Å². The van der Waals surface area contributed by atoms with Gasteiger partial charge >= 0.3 is 6.36 Å². The molecule has 0 unspecified atom stereocenters. The zero-order valence-electron chi connectivity index (χ0n) is 15.5.